The van der Waals surface area contributed by atoms with Gasteiger partial charge in [-0.3, -0.25) is 4.79 Å². The fourth-order valence-electron chi connectivity index (χ4n) is 1.61. The zero-order valence-corrected chi connectivity index (χ0v) is 9.66. The molecule has 1 aliphatic rings. The van der Waals surface area contributed by atoms with Crippen LogP contribution in [0.5, 0.6) is 0 Å². The quantitative estimate of drug-likeness (QED) is 0.651. The summed E-state index contributed by atoms with van der Waals surface area (Å²) in [6.07, 6.45) is 6.64. The number of hydrogen-bond donors (Lipinski definition) is 2. The van der Waals surface area contributed by atoms with Crippen molar-refractivity contribution in [3.05, 3.63) is 0 Å². The van der Waals surface area contributed by atoms with E-state index in [9.17, 15) is 4.79 Å². The Morgan fingerprint density at radius 3 is 3.14 bits per heavy atom. The molecule has 0 aromatic carbocycles. The molecule has 2 N–H and O–H groups in total. The van der Waals surface area contributed by atoms with Gasteiger partial charge in [0.05, 0.1) is 6.04 Å². The normalized spacial score (nSPS) is 22.1. The largest absolute Gasteiger partial charge is 0.355 e. The van der Waals surface area contributed by atoms with Crippen LogP contribution in [0.4, 0.5) is 0 Å². The lowest BCUT2D eigenvalue weighted by Gasteiger charge is -2.22. The molecule has 1 amide bonds. The Hall–Kier alpha value is -0.220. The van der Waals surface area contributed by atoms with Gasteiger partial charge >= 0.3 is 0 Å². The monoisotopic (exact) mass is 216 g/mol. The van der Waals surface area contributed by atoms with Crippen LogP contribution in [0, 0.1) is 0 Å². The van der Waals surface area contributed by atoms with Crippen molar-refractivity contribution >= 4 is 17.7 Å². The van der Waals surface area contributed by atoms with Crippen molar-refractivity contribution in [2.75, 3.05) is 25.1 Å². The van der Waals surface area contributed by atoms with Gasteiger partial charge < -0.3 is 10.6 Å². The fourth-order valence-corrected chi connectivity index (χ4v) is 2.11. The first-order valence-corrected chi connectivity index (χ1v) is 6.74. The lowest BCUT2D eigenvalue weighted by Crippen LogP contribution is -2.48. The number of carbonyl (C=O) groups excluding carboxylic acids is 1. The molecule has 0 aromatic rings. The number of thioether (sulfide) groups is 1. The summed E-state index contributed by atoms with van der Waals surface area (Å²) in [5.41, 5.74) is 0. The minimum absolute atomic E-state index is 0.0676. The van der Waals surface area contributed by atoms with Gasteiger partial charge in [0.15, 0.2) is 0 Å². The SMILES string of the molecule is CSCCCCNC1CCCNC1=O. The molecule has 14 heavy (non-hydrogen) atoms. The van der Waals surface area contributed by atoms with Crippen molar-refractivity contribution in [1.82, 2.24) is 10.6 Å². The van der Waals surface area contributed by atoms with Gasteiger partial charge in [-0.2, -0.15) is 11.8 Å². The highest BCUT2D eigenvalue weighted by Crippen LogP contribution is 2.03. The minimum atomic E-state index is 0.0676. The summed E-state index contributed by atoms with van der Waals surface area (Å²) in [5.74, 6) is 1.40. The molecule has 1 rings (SSSR count). The third-order valence-electron chi connectivity index (χ3n) is 2.45. The Morgan fingerprint density at radius 1 is 1.57 bits per heavy atom. The first kappa shape index (κ1) is 11.9. The zero-order chi connectivity index (χ0) is 10.2. The molecule has 1 aliphatic heterocycles. The van der Waals surface area contributed by atoms with Gasteiger partial charge in [-0.25, -0.2) is 0 Å². The first-order valence-electron chi connectivity index (χ1n) is 5.34. The van der Waals surface area contributed by atoms with Crippen LogP contribution < -0.4 is 10.6 Å². The van der Waals surface area contributed by atoms with Crippen molar-refractivity contribution in [2.24, 2.45) is 0 Å². The molecule has 0 saturated carbocycles. The number of amides is 1. The van der Waals surface area contributed by atoms with E-state index in [4.69, 9.17) is 0 Å². The van der Waals surface area contributed by atoms with Crippen LogP contribution in [0.25, 0.3) is 0 Å². The second kappa shape index (κ2) is 7.12. The summed E-state index contributed by atoms with van der Waals surface area (Å²) in [7, 11) is 0. The molecule has 0 bridgehead atoms. The van der Waals surface area contributed by atoms with Gasteiger partial charge in [0.1, 0.15) is 0 Å². The number of unbranched alkanes of at least 4 members (excludes halogenated alkanes) is 1. The molecule has 3 nitrogen and oxygen atoms in total. The van der Waals surface area contributed by atoms with Crippen molar-refractivity contribution < 1.29 is 4.79 Å². The van der Waals surface area contributed by atoms with Gasteiger partial charge in [-0.15, -0.1) is 0 Å². The average Bonchev–Trinajstić information content (AvgIpc) is 2.20. The Bertz CT molecular complexity index is 176. The molecule has 1 fully saturated rings. The van der Waals surface area contributed by atoms with Gasteiger partial charge in [-0.1, -0.05) is 0 Å². The molecule has 1 heterocycles. The molecule has 1 saturated heterocycles. The summed E-state index contributed by atoms with van der Waals surface area (Å²) in [6.45, 7) is 1.82. The Labute approximate surface area is 90.4 Å². The third-order valence-corrected chi connectivity index (χ3v) is 3.15. The van der Waals surface area contributed by atoms with Crippen LogP contribution in [0.15, 0.2) is 0 Å². The molecule has 4 heteroatoms. The van der Waals surface area contributed by atoms with E-state index in [0.29, 0.717) is 0 Å². The van der Waals surface area contributed by atoms with Crippen LogP contribution in [0.3, 0.4) is 0 Å². The van der Waals surface area contributed by atoms with E-state index in [1.807, 2.05) is 11.8 Å². The first-order chi connectivity index (χ1) is 6.84. The van der Waals surface area contributed by atoms with E-state index in [1.165, 1.54) is 18.6 Å². The molecule has 0 radical (unpaired) electrons. The lowest BCUT2D eigenvalue weighted by molar-refractivity contribution is -0.124. The Kier molecular flexibility index (Phi) is 6.03. The standard InChI is InChI=1S/C10H20N2OS/c1-14-8-3-2-6-11-9-5-4-7-12-10(9)13/h9,11H,2-8H2,1H3,(H,12,13). The highest BCUT2D eigenvalue weighted by molar-refractivity contribution is 7.98. The summed E-state index contributed by atoms with van der Waals surface area (Å²) < 4.78 is 0. The van der Waals surface area contributed by atoms with E-state index in [2.05, 4.69) is 16.9 Å². The van der Waals surface area contributed by atoms with Crippen molar-refractivity contribution in [3.63, 3.8) is 0 Å². The maximum Gasteiger partial charge on any atom is 0.237 e. The lowest BCUT2D eigenvalue weighted by atomic mass is 10.1. The van der Waals surface area contributed by atoms with Gasteiger partial charge in [-0.05, 0) is 44.2 Å². The Balaban J connectivity index is 2.02. The molecule has 0 aliphatic carbocycles. The van der Waals surface area contributed by atoms with E-state index in [1.54, 1.807) is 0 Å². The average molecular weight is 216 g/mol. The molecule has 1 atom stereocenters. The molecule has 82 valence electrons. The van der Waals surface area contributed by atoms with Gasteiger partial charge in [0.2, 0.25) is 5.91 Å². The molecule has 0 aromatic heterocycles. The predicted octanol–water partition coefficient (Wildman–Crippen LogP) is 0.998. The Morgan fingerprint density at radius 2 is 2.43 bits per heavy atom. The molecule has 1 unspecified atom stereocenters. The second-order valence-electron chi connectivity index (χ2n) is 3.64. The van der Waals surface area contributed by atoms with Crippen LogP contribution in [-0.4, -0.2) is 37.0 Å². The summed E-state index contributed by atoms with van der Waals surface area (Å²) in [6, 6.07) is 0.0676. The fraction of sp³-hybridized carbons (Fsp3) is 0.900. The van der Waals surface area contributed by atoms with E-state index >= 15 is 0 Å². The predicted molar refractivity (Wildman–Crippen MR) is 61.7 cm³/mol. The van der Waals surface area contributed by atoms with Crippen molar-refractivity contribution in [3.8, 4) is 0 Å². The number of rotatable bonds is 6. The maximum atomic E-state index is 11.3. The van der Waals surface area contributed by atoms with Crippen LogP contribution in [-0.2, 0) is 4.79 Å². The third kappa shape index (κ3) is 4.33. The van der Waals surface area contributed by atoms with Gasteiger partial charge in [0.25, 0.3) is 0 Å². The van der Waals surface area contributed by atoms with Crippen molar-refractivity contribution in [1.29, 1.82) is 0 Å². The minimum Gasteiger partial charge on any atom is -0.355 e. The summed E-state index contributed by atoms with van der Waals surface area (Å²) in [4.78, 5) is 11.3. The van der Waals surface area contributed by atoms with Crippen molar-refractivity contribution in [2.45, 2.75) is 31.7 Å². The molecular formula is C10H20N2OS. The van der Waals surface area contributed by atoms with E-state index < -0.39 is 0 Å². The van der Waals surface area contributed by atoms with E-state index in [0.717, 1.165) is 25.9 Å². The molecular weight excluding hydrogens is 196 g/mol. The summed E-state index contributed by atoms with van der Waals surface area (Å²) >= 11 is 1.88. The summed E-state index contributed by atoms with van der Waals surface area (Å²) in [5, 5.41) is 6.19. The van der Waals surface area contributed by atoms with Crippen LogP contribution >= 0.6 is 11.8 Å². The topological polar surface area (TPSA) is 41.1 Å². The highest BCUT2D eigenvalue weighted by Gasteiger charge is 2.20. The van der Waals surface area contributed by atoms with Crippen LogP contribution in [0.1, 0.15) is 25.7 Å². The highest BCUT2D eigenvalue weighted by atomic mass is 32.2. The number of hydrogen-bond acceptors (Lipinski definition) is 3. The maximum absolute atomic E-state index is 11.3. The number of carbonyl (C=O) groups is 1. The zero-order valence-electron chi connectivity index (χ0n) is 8.84. The number of piperidine rings is 1. The smallest absolute Gasteiger partial charge is 0.237 e. The second-order valence-corrected chi connectivity index (χ2v) is 4.63. The van der Waals surface area contributed by atoms with Crippen LogP contribution in [0.2, 0.25) is 0 Å². The van der Waals surface area contributed by atoms with Gasteiger partial charge in [0, 0.05) is 6.54 Å². The molecule has 0 spiro atoms. The number of nitrogens with one attached hydrogen (secondary N) is 2. The van der Waals surface area contributed by atoms with E-state index in [-0.39, 0.29) is 11.9 Å².